The standard InChI is InChI=1S/C11H17BClNO3/c1-10(2)11(3,4)17-12(16-10)9(14)7-5-6-8(13)15-7/h5-6,9H,14H2,1-4H3/t9-/m0/s1. The molecule has 1 aromatic heterocycles. The molecule has 6 heteroatoms. The Labute approximate surface area is 107 Å². The second kappa shape index (κ2) is 4.02. The fourth-order valence-electron chi connectivity index (χ4n) is 1.68. The molecule has 0 saturated carbocycles. The summed E-state index contributed by atoms with van der Waals surface area (Å²) >= 11 is 5.72. The Morgan fingerprint density at radius 2 is 1.71 bits per heavy atom. The largest absolute Gasteiger partial charge is 0.483 e. The van der Waals surface area contributed by atoms with Gasteiger partial charge in [-0.15, -0.1) is 0 Å². The van der Waals surface area contributed by atoms with Gasteiger partial charge in [-0.25, -0.2) is 0 Å². The van der Waals surface area contributed by atoms with Crippen LogP contribution in [0.1, 0.15) is 39.4 Å². The fourth-order valence-corrected chi connectivity index (χ4v) is 1.83. The highest BCUT2D eigenvalue weighted by Crippen LogP contribution is 2.39. The van der Waals surface area contributed by atoms with Gasteiger partial charge in [0.15, 0.2) is 5.22 Å². The van der Waals surface area contributed by atoms with Gasteiger partial charge >= 0.3 is 7.12 Å². The van der Waals surface area contributed by atoms with Crippen LogP contribution in [-0.4, -0.2) is 18.3 Å². The molecule has 1 saturated heterocycles. The lowest BCUT2D eigenvalue weighted by atomic mass is 9.77. The van der Waals surface area contributed by atoms with Crippen molar-refractivity contribution in [2.24, 2.45) is 5.73 Å². The van der Waals surface area contributed by atoms with E-state index in [9.17, 15) is 0 Å². The van der Waals surface area contributed by atoms with Gasteiger partial charge in [-0.3, -0.25) is 0 Å². The van der Waals surface area contributed by atoms with Crippen LogP contribution in [0.15, 0.2) is 16.5 Å². The van der Waals surface area contributed by atoms with E-state index >= 15 is 0 Å². The molecule has 1 aliphatic rings. The van der Waals surface area contributed by atoms with E-state index in [2.05, 4.69) is 0 Å². The number of furan rings is 1. The third-order valence-corrected chi connectivity index (χ3v) is 3.69. The minimum Gasteiger partial charge on any atom is -0.449 e. The highest BCUT2D eigenvalue weighted by atomic mass is 35.5. The maximum atomic E-state index is 6.05. The Morgan fingerprint density at radius 1 is 1.18 bits per heavy atom. The third kappa shape index (κ3) is 2.25. The van der Waals surface area contributed by atoms with Crippen LogP contribution in [0.5, 0.6) is 0 Å². The van der Waals surface area contributed by atoms with Gasteiger partial charge < -0.3 is 19.5 Å². The fraction of sp³-hybridized carbons (Fsp3) is 0.636. The molecule has 1 aromatic rings. The molecule has 2 N–H and O–H groups in total. The van der Waals surface area contributed by atoms with Crippen LogP contribution in [0.2, 0.25) is 5.22 Å². The Bertz CT molecular complexity index is 403. The van der Waals surface area contributed by atoms with E-state index < -0.39 is 24.3 Å². The van der Waals surface area contributed by atoms with Crippen molar-refractivity contribution < 1.29 is 13.7 Å². The molecule has 4 nitrogen and oxygen atoms in total. The van der Waals surface area contributed by atoms with Gasteiger partial charge in [-0.05, 0) is 51.4 Å². The van der Waals surface area contributed by atoms with Crippen LogP contribution in [0.3, 0.4) is 0 Å². The van der Waals surface area contributed by atoms with Crippen molar-refractivity contribution in [3.05, 3.63) is 23.1 Å². The lowest BCUT2D eigenvalue weighted by Gasteiger charge is -2.32. The predicted molar refractivity (Wildman–Crippen MR) is 66.7 cm³/mol. The van der Waals surface area contributed by atoms with Gasteiger partial charge in [0.05, 0.1) is 17.1 Å². The maximum Gasteiger partial charge on any atom is 0.483 e. The smallest absolute Gasteiger partial charge is 0.449 e. The van der Waals surface area contributed by atoms with Gasteiger partial charge in [0.25, 0.3) is 0 Å². The molecule has 0 bridgehead atoms. The van der Waals surface area contributed by atoms with Crippen molar-refractivity contribution in [3.63, 3.8) is 0 Å². The lowest BCUT2D eigenvalue weighted by Crippen LogP contribution is -2.41. The quantitative estimate of drug-likeness (QED) is 0.827. The Balaban J connectivity index is 2.16. The summed E-state index contributed by atoms with van der Waals surface area (Å²) in [5.74, 6) is 0.0806. The molecule has 1 atom stereocenters. The number of hydrogen-bond acceptors (Lipinski definition) is 4. The second-order valence-corrected chi connectivity index (χ2v) is 5.66. The van der Waals surface area contributed by atoms with Crippen LogP contribution >= 0.6 is 11.6 Å². The summed E-state index contributed by atoms with van der Waals surface area (Å²) in [5.41, 5.74) is 5.26. The van der Waals surface area contributed by atoms with E-state index in [-0.39, 0.29) is 0 Å². The van der Waals surface area contributed by atoms with Crippen molar-refractivity contribution >= 4 is 18.7 Å². The molecule has 0 unspecified atom stereocenters. The lowest BCUT2D eigenvalue weighted by molar-refractivity contribution is 0.00578. The number of rotatable bonds is 2. The van der Waals surface area contributed by atoms with Crippen molar-refractivity contribution in [1.82, 2.24) is 0 Å². The topological polar surface area (TPSA) is 57.6 Å². The molecule has 94 valence electrons. The summed E-state index contributed by atoms with van der Waals surface area (Å²) in [6.45, 7) is 7.92. The van der Waals surface area contributed by atoms with Gasteiger partial charge in [0, 0.05) is 0 Å². The molecule has 2 rings (SSSR count). The van der Waals surface area contributed by atoms with E-state index in [1.165, 1.54) is 0 Å². The Hall–Kier alpha value is -0.485. The molecule has 0 aromatic carbocycles. The Morgan fingerprint density at radius 3 is 2.12 bits per heavy atom. The van der Waals surface area contributed by atoms with Crippen molar-refractivity contribution in [2.45, 2.75) is 44.8 Å². The number of halogens is 1. The molecule has 0 amide bonds. The minimum absolute atomic E-state index is 0.312. The first-order valence-electron chi connectivity index (χ1n) is 5.59. The van der Waals surface area contributed by atoms with Gasteiger partial charge in [0.2, 0.25) is 0 Å². The third-order valence-electron chi connectivity index (χ3n) is 3.49. The van der Waals surface area contributed by atoms with Crippen LogP contribution in [-0.2, 0) is 9.31 Å². The van der Waals surface area contributed by atoms with Crippen LogP contribution in [0, 0.1) is 0 Å². The molecule has 0 spiro atoms. The minimum atomic E-state index is -0.526. The summed E-state index contributed by atoms with van der Waals surface area (Å²) < 4.78 is 17.0. The van der Waals surface area contributed by atoms with Gasteiger partial charge in [0.1, 0.15) is 5.76 Å². The molecule has 1 aliphatic heterocycles. The van der Waals surface area contributed by atoms with Crippen molar-refractivity contribution in [3.8, 4) is 0 Å². The maximum absolute atomic E-state index is 6.05. The van der Waals surface area contributed by atoms with Crippen molar-refractivity contribution in [1.29, 1.82) is 0 Å². The monoisotopic (exact) mass is 257 g/mol. The average molecular weight is 258 g/mol. The molecule has 1 fully saturated rings. The van der Waals surface area contributed by atoms with Crippen LogP contribution < -0.4 is 5.73 Å². The normalized spacial score (nSPS) is 24.0. The first kappa shape index (κ1) is 13.0. The molecule has 17 heavy (non-hydrogen) atoms. The summed E-state index contributed by atoms with van der Waals surface area (Å²) in [4.78, 5) is 0. The van der Waals surface area contributed by atoms with E-state index in [0.717, 1.165) is 0 Å². The zero-order chi connectivity index (χ0) is 12.8. The highest BCUT2D eigenvalue weighted by Gasteiger charge is 2.53. The van der Waals surface area contributed by atoms with E-state index in [4.69, 9.17) is 31.1 Å². The first-order chi connectivity index (χ1) is 7.73. The number of hydrogen-bond donors (Lipinski definition) is 1. The summed E-state index contributed by atoms with van der Waals surface area (Å²) in [6, 6.07) is 3.39. The summed E-state index contributed by atoms with van der Waals surface area (Å²) in [5, 5.41) is 0.312. The second-order valence-electron chi connectivity index (χ2n) is 5.29. The number of nitrogens with two attached hydrogens (primary N) is 1. The van der Waals surface area contributed by atoms with E-state index in [1.807, 2.05) is 27.7 Å². The summed E-state index contributed by atoms with van der Waals surface area (Å²) in [6.07, 6.45) is 0. The SMILES string of the molecule is CC1(C)OB([C@@H](N)c2ccc(Cl)o2)OC1(C)C. The zero-order valence-corrected chi connectivity index (χ0v) is 11.2. The molecule has 2 heterocycles. The van der Waals surface area contributed by atoms with Crippen LogP contribution in [0.4, 0.5) is 0 Å². The first-order valence-corrected chi connectivity index (χ1v) is 5.97. The van der Waals surface area contributed by atoms with Gasteiger partial charge in [-0.2, -0.15) is 0 Å². The van der Waals surface area contributed by atoms with E-state index in [0.29, 0.717) is 11.0 Å². The average Bonchev–Trinajstić information content (AvgIpc) is 2.69. The van der Waals surface area contributed by atoms with Crippen LogP contribution in [0.25, 0.3) is 0 Å². The predicted octanol–water partition coefficient (Wildman–Crippen LogP) is 2.56. The van der Waals surface area contributed by atoms with Gasteiger partial charge in [-0.1, -0.05) is 0 Å². The summed E-state index contributed by atoms with van der Waals surface area (Å²) in [7, 11) is -0.526. The Kier molecular flexibility index (Phi) is 3.06. The molecule has 0 aliphatic carbocycles. The highest BCUT2D eigenvalue weighted by molar-refractivity contribution is 6.47. The molecular formula is C11H17BClNO3. The zero-order valence-electron chi connectivity index (χ0n) is 10.5. The van der Waals surface area contributed by atoms with E-state index in [1.54, 1.807) is 12.1 Å². The van der Waals surface area contributed by atoms with Crippen molar-refractivity contribution in [2.75, 3.05) is 0 Å². The molecule has 0 radical (unpaired) electrons. The molecular weight excluding hydrogens is 240 g/mol.